The molecule has 0 spiro atoms. The van der Waals surface area contributed by atoms with E-state index in [9.17, 15) is 13.2 Å². The van der Waals surface area contributed by atoms with E-state index in [0.717, 1.165) is 16.7 Å². The summed E-state index contributed by atoms with van der Waals surface area (Å²) < 4.78 is 32.3. The first-order valence-corrected chi connectivity index (χ1v) is 12.0. The molecule has 0 aliphatic carbocycles. The standard InChI is InChI=1S/C25H26N2O4S/c1-19-6-5-9-22(18-19)24(20-7-3-2-4-8-20)26-25(28)21-10-12-23(13-11-21)32(29,30)27-14-16-31-17-15-27/h2-13,18,24H,14-17H2,1H3,(H,26,28)/t24-/m0/s1. The molecule has 0 unspecified atom stereocenters. The third kappa shape index (κ3) is 4.91. The van der Waals surface area contributed by atoms with Gasteiger partial charge in [0.2, 0.25) is 10.0 Å². The van der Waals surface area contributed by atoms with Crippen molar-refractivity contribution in [3.63, 3.8) is 0 Å². The van der Waals surface area contributed by atoms with Crippen LogP contribution in [0.25, 0.3) is 0 Å². The van der Waals surface area contributed by atoms with E-state index in [2.05, 4.69) is 11.4 Å². The Hall–Kier alpha value is -3.00. The number of sulfonamides is 1. The van der Waals surface area contributed by atoms with Crippen molar-refractivity contribution >= 4 is 15.9 Å². The van der Waals surface area contributed by atoms with Crippen LogP contribution in [0, 0.1) is 6.92 Å². The average molecular weight is 451 g/mol. The van der Waals surface area contributed by atoms with Crippen molar-refractivity contribution in [1.29, 1.82) is 0 Å². The van der Waals surface area contributed by atoms with Crippen molar-refractivity contribution in [3.8, 4) is 0 Å². The van der Waals surface area contributed by atoms with Crippen LogP contribution in [0.1, 0.15) is 33.1 Å². The van der Waals surface area contributed by atoms with Gasteiger partial charge in [-0.3, -0.25) is 4.79 Å². The molecule has 6 nitrogen and oxygen atoms in total. The molecule has 1 amide bonds. The first kappa shape index (κ1) is 22.2. The molecule has 0 radical (unpaired) electrons. The van der Waals surface area contributed by atoms with Gasteiger partial charge in [0.25, 0.3) is 5.91 Å². The van der Waals surface area contributed by atoms with Crippen LogP contribution in [0.15, 0.2) is 83.8 Å². The topological polar surface area (TPSA) is 75.7 Å². The number of aryl methyl sites for hydroxylation is 1. The summed E-state index contributed by atoms with van der Waals surface area (Å²) in [6.45, 7) is 3.46. The van der Waals surface area contributed by atoms with Crippen LogP contribution in [-0.4, -0.2) is 44.9 Å². The summed E-state index contributed by atoms with van der Waals surface area (Å²) >= 11 is 0. The summed E-state index contributed by atoms with van der Waals surface area (Å²) in [5.41, 5.74) is 3.46. The second-order valence-corrected chi connectivity index (χ2v) is 9.71. The van der Waals surface area contributed by atoms with Crippen molar-refractivity contribution in [1.82, 2.24) is 9.62 Å². The third-order valence-electron chi connectivity index (χ3n) is 5.51. The molecule has 3 aromatic carbocycles. The summed E-state index contributed by atoms with van der Waals surface area (Å²) in [6, 6.07) is 23.6. The number of carbonyl (C=O) groups excluding carboxylic acids is 1. The highest BCUT2D eigenvalue weighted by atomic mass is 32.2. The fourth-order valence-electron chi connectivity index (χ4n) is 3.78. The van der Waals surface area contributed by atoms with Gasteiger partial charge in [-0.15, -0.1) is 0 Å². The van der Waals surface area contributed by atoms with Crippen molar-refractivity contribution in [2.75, 3.05) is 26.3 Å². The van der Waals surface area contributed by atoms with Gasteiger partial charge in [-0.25, -0.2) is 8.42 Å². The van der Waals surface area contributed by atoms with Gasteiger partial charge >= 0.3 is 0 Å². The molecule has 1 aliphatic rings. The molecular formula is C25H26N2O4S. The second kappa shape index (κ2) is 9.65. The maximum Gasteiger partial charge on any atom is 0.252 e. The number of nitrogens with one attached hydrogen (secondary N) is 1. The largest absolute Gasteiger partial charge is 0.379 e. The highest BCUT2D eigenvalue weighted by Gasteiger charge is 2.26. The number of morpholine rings is 1. The highest BCUT2D eigenvalue weighted by molar-refractivity contribution is 7.89. The maximum atomic E-state index is 13.1. The first-order chi connectivity index (χ1) is 15.4. The average Bonchev–Trinajstić information content (AvgIpc) is 2.83. The Bertz CT molecular complexity index is 1170. The Balaban J connectivity index is 1.56. The molecule has 1 heterocycles. The fourth-order valence-corrected chi connectivity index (χ4v) is 5.19. The minimum Gasteiger partial charge on any atom is -0.379 e. The van der Waals surface area contributed by atoms with Crippen molar-refractivity contribution in [2.24, 2.45) is 0 Å². The fraction of sp³-hybridized carbons (Fsp3) is 0.240. The number of amides is 1. The van der Waals surface area contributed by atoms with Crippen LogP contribution < -0.4 is 5.32 Å². The molecule has 3 aromatic rings. The quantitative estimate of drug-likeness (QED) is 0.623. The number of nitrogens with zero attached hydrogens (tertiary/aromatic N) is 1. The molecule has 7 heteroatoms. The number of hydrogen-bond donors (Lipinski definition) is 1. The summed E-state index contributed by atoms with van der Waals surface area (Å²) in [5, 5.41) is 3.10. The predicted octanol–water partition coefficient (Wildman–Crippen LogP) is 3.54. The van der Waals surface area contributed by atoms with Gasteiger partial charge in [0.05, 0.1) is 24.2 Å². The van der Waals surface area contributed by atoms with Crippen LogP contribution in [0.4, 0.5) is 0 Å². The van der Waals surface area contributed by atoms with E-state index in [1.165, 1.54) is 16.4 Å². The molecule has 0 bridgehead atoms. The molecule has 1 atom stereocenters. The summed E-state index contributed by atoms with van der Waals surface area (Å²) in [5.74, 6) is -0.268. The number of rotatable bonds is 6. The lowest BCUT2D eigenvalue weighted by Crippen LogP contribution is -2.40. The van der Waals surface area contributed by atoms with E-state index >= 15 is 0 Å². The Labute approximate surface area is 188 Å². The van der Waals surface area contributed by atoms with E-state index in [1.54, 1.807) is 12.1 Å². The van der Waals surface area contributed by atoms with Crippen LogP contribution in [0.3, 0.4) is 0 Å². The van der Waals surface area contributed by atoms with Crippen molar-refractivity contribution < 1.29 is 17.9 Å². The number of hydrogen-bond acceptors (Lipinski definition) is 4. The normalized spacial score (nSPS) is 15.8. The van der Waals surface area contributed by atoms with E-state index in [4.69, 9.17) is 4.74 Å². The van der Waals surface area contributed by atoms with Crippen LogP contribution >= 0.6 is 0 Å². The van der Waals surface area contributed by atoms with Crippen molar-refractivity contribution in [3.05, 3.63) is 101 Å². The summed E-state index contributed by atoms with van der Waals surface area (Å²) in [4.78, 5) is 13.2. The Morgan fingerprint density at radius 1 is 0.906 bits per heavy atom. The van der Waals surface area contributed by atoms with Gasteiger partial charge in [0.15, 0.2) is 0 Å². The lowest BCUT2D eigenvalue weighted by Gasteiger charge is -2.26. The van der Waals surface area contributed by atoms with Crippen LogP contribution in [0.2, 0.25) is 0 Å². The number of ether oxygens (including phenoxy) is 1. The van der Waals surface area contributed by atoms with E-state index in [0.29, 0.717) is 31.9 Å². The summed E-state index contributed by atoms with van der Waals surface area (Å²) in [7, 11) is -3.60. The smallest absolute Gasteiger partial charge is 0.252 e. The molecule has 1 saturated heterocycles. The zero-order valence-electron chi connectivity index (χ0n) is 17.9. The molecular weight excluding hydrogens is 424 g/mol. The zero-order valence-corrected chi connectivity index (χ0v) is 18.7. The Morgan fingerprint density at radius 2 is 1.56 bits per heavy atom. The van der Waals surface area contributed by atoms with Crippen LogP contribution in [0.5, 0.6) is 0 Å². The van der Waals surface area contributed by atoms with E-state index < -0.39 is 10.0 Å². The molecule has 0 aromatic heterocycles. The van der Waals surface area contributed by atoms with Crippen molar-refractivity contribution in [2.45, 2.75) is 17.9 Å². The third-order valence-corrected chi connectivity index (χ3v) is 7.42. The Kier molecular flexibility index (Phi) is 6.69. The van der Waals surface area contributed by atoms with E-state index in [-0.39, 0.29) is 16.8 Å². The molecule has 1 aliphatic heterocycles. The minimum atomic E-state index is -3.60. The molecule has 1 N–H and O–H groups in total. The number of benzene rings is 3. The first-order valence-electron chi connectivity index (χ1n) is 10.6. The maximum absolute atomic E-state index is 13.1. The van der Waals surface area contributed by atoms with Gasteiger partial charge in [-0.05, 0) is 42.3 Å². The van der Waals surface area contributed by atoms with Gasteiger partial charge in [0.1, 0.15) is 0 Å². The highest BCUT2D eigenvalue weighted by Crippen LogP contribution is 2.24. The molecule has 1 fully saturated rings. The van der Waals surface area contributed by atoms with Gasteiger partial charge in [-0.2, -0.15) is 4.31 Å². The van der Waals surface area contributed by atoms with Crippen LogP contribution in [-0.2, 0) is 14.8 Å². The minimum absolute atomic E-state index is 0.175. The second-order valence-electron chi connectivity index (χ2n) is 7.77. The Morgan fingerprint density at radius 3 is 2.22 bits per heavy atom. The molecule has 4 rings (SSSR count). The molecule has 32 heavy (non-hydrogen) atoms. The SMILES string of the molecule is Cc1cccc([C@@H](NC(=O)c2ccc(S(=O)(=O)N3CCOCC3)cc2)c2ccccc2)c1. The van der Waals surface area contributed by atoms with Gasteiger partial charge < -0.3 is 10.1 Å². The lowest BCUT2D eigenvalue weighted by molar-refractivity contribution is 0.0730. The van der Waals surface area contributed by atoms with Gasteiger partial charge in [0, 0.05) is 18.7 Å². The van der Waals surface area contributed by atoms with E-state index in [1.807, 2.05) is 55.5 Å². The number of carbonyl (C=O) groups is 1. The van der Waals surface area contributed by atoms with Gasteiger partial charge in [-0.1, -0.05) is 60.2 Å². The molecule has 0 saturated carbocycles. The molecule has 166 valence electrons. The predicted molar refractivity (Wildman–Crippen MR) is 123 cm³/mol. The lowest BCUT2D eigenvalue weighted by atomic mass is 9.97. The zero-order chi connectivity index (χ0) is 22.6. The monoisotopic (exact) mass is 450 g/mol. The summed E-state index contributed by atoms with van der Waals surface area (Å²) in [6.07, 6.45) is 0.